The second kappa shape index (κ2) is 8.68. The average Bonchev–Trinajstić information content (AvgIpc) is 2.83. The highest BCUT2D eigenvalue weighted by Gasteiger charge is 2.33. The highest BCUT2D eigenvalue weighted by molar-refractivity contribution is 7.92. The van der Waals surface area contributed by atoms with E-state index in [1.165, 1.54) is 17.7 Å². The van der Waals surface area contributed by atoms with Gasteiger partial charge in [-0.1, -0.05) is 42.5 Å². The Morgan fingerprint density at radius 2 is 1.57 bits per heavy atom. The molecule has 0 saturated heterocycles. The molecule has 3 aromatic carbocycles. The second-order valence-electron chi connectivity index (χ2n) is 8.92. The lowest BCUT2D eigenvalue weighted by Gasteiger charge is -2.24. The van der Waals surface area contributed by atoms with Crippen LogP contribution in [0.5, 0.6) is 0 Å². The van der Waals surface area contributed by atoms with E-state index in [0.717, 1.165) is 17.5 Å². The van der Waals surface area contributed by atoms with Crippen LogP contribution < -0.4 is 5.56 Å². The minimum Gasteiger partial charge on any atom is -0.322 e. The van der Waals surface area contributed by atoms with Gasteiger partial charge in [0.2, 0.25) is 5.56 Å². The quantitative estimate of drug-likeness (QED) is 0.407. The van der Waals surface area contributed by atoms with Crippen molar-refractivity contribution in [1.82, 2.24) is 4.98 Å². The van der Waals surface area contributed by atoms with Crippen molar-refractivity contribution < 1.29 is 21.6 Å². The van der Waals surface area contributed by atoms with Crippen LogP contribution in [0.15, 0.2) is 82.5 Å². The number of aryl methyl sites for hydroxylation is 1. The first-order valence-electron chi connectivity index (χ1n) is 11.2. The molecule has 0 saturated carbocycles. The first kappa shape index (κ1) is 23.4. The average molecular weight is 498 g/mol. The maximum Gasteiger partial charge on any atom is 0.417 e. The third-order valence-corrected chi connectivity index (χ3v) is 8.82. The molecule has 1 aliphatic rings. The van der Waals surface area contributed by atoms with Gasteiger partial charge < -0.3 is 4.98 Å². The molecule has 0 spiro atoms. The van der Waals surface area contributed by atoms with Gasteiger partial charge in [0.25, 0.3) is 0 Å². The summed E-state index contributed by atoms with van der Waals surface area (Å²) in [6, 6.07) is 19.5. The number of fused-ring (bicyclic) bond motifs is 2. The number of hydrogen-bond donors (Lipinski definition) is 1. The van der Waals surface area contributed by atoms with Crippen LogP contribution in [0.4, 0.5) is 13.2 Å². The molecule has 180 valence electrons. The first-order valence-corrected chi connectivity index (χ1v) is 12.8. The molecule has 1 unspecified atom stereocenters. The largest absolute Gasteiger partial charge is 0.417 e. The molecule has 1 heterocycles. The highest BCUT2D eigenvalue weighted by atomic mass is 32.2. The summed E-state index contributed by atoms with van der Waals surface area (Å²) in [7, 11) is -3.51. The van der Waals surface area contributed by atoms with E-state index in [0.29, 0.717) is 30.9 Å². The number of H-pyrrole nitrogens is 1. The molecule has 1 N–H and O–H groups in total. The van der Waals surface area contributed by atoms with Gasteiger partial charge in [-0.3, -0.25) is 4.79 Å². The summed E-state index contributed by atoms with van der Waals surface area (Å²) >= 11 is 0. The maximum atomic E-state index is 13.4. The molecule has 35 heavy (non-hydrogen) atoms. The van der Waals surface area contributed by atoms with Crippen molar-refractivity contribution >= 4 is 20.7 Å². The van der Waals surface area contributed by atoms with Gasteiger partial charge in [-0.2, -0.15) is 13.2 Å². The number of halogens is 3. The van der Waals surface area contributed by atoms with E-state index in [1.807, 2.05) is 24.3 Å². The van der Waals surface area contributed by atoms with E-state index in [1.54, 1.807) is 30.3 Å². The Kier molecular flexibility index (Phi) is 5.79. The molecule has 0 radical (unpaired) electrons. The van der Waals surface area contributed by atoms with Gasteiger partial charge in [-0.15, -0.1) is 0 Å². The summed E-state index contributed by atoms with van der Waals surface area (Å²) in [6.07, 6.45) is -2.54. The summed E-state index contributed by atoms with van der Waals surface area (Å²) in [4.78, 5) is 14.3. The zero-order valence-corrected chi connectivity index (χ0v) is 19.4. The number of rotatable bonds is 4. The number of sulfone groups is 1. The van der Waals surface area contributed by atoms with Crippen LogP contribution in [0.1, 0.15) is 34.2 Å². The van der Waals surface area contributed by atoms with Crippen LogP contribution >= 0.6 is 0 Å². The molecule has 5 rings (SSSR count). The second-order valence-corrected chi connectivity index (χ2v) is 11.2. The predicted molar refractivity (Wildman–Crippen MR) is 128 cm³/mol. The molecular weight excluding hydrogens is 475 g/mol. The smallest absolute Gasteiger partial charge is 0.322 e. The summed E-state index contributed by atoms with van der Waals surface area (Å²) in [5.41, 5.74) is 1.99. The SMILES string of the molecule is O=c1cc(C(F)(F)F)c2cc(Cc3ccc(S(=O)(=O)C4CCc5ccccc5C4)cc3)ccc2[nH]1. The fourth-order valence-corrected chi connectivity index (χ4v) is 6.53. The summed E-state index contributed by atoms with van der Waals surface area (Å²) < 4.78 is 66.8. The van der Waals surface area contributed by atoms with E-state index in [2.05, 4.69) is 4.98 Å². The molecule has 4 nitrogen and oxygen atoms in total. The minimum absolute atomic E-state index is 0.0774. The monoisotopic (exact) mass is 497 g/mol. The van der Waals surface area contributed by atoms with E-state index in [9.17, 15) is 26.4 Å². The zero-order chi connectivity index (χ0) is 24.8. The standard InChI is InChI=1S/C27H22F3NO3S/c28-27(29,30)24-16-26(32)31-25-12-7-18(14-23(24)25)13-17-5-9-21(10-6-17)35(33,34)22-11-8-19-3-1-2-4-20(19)15-22/h1-7,9-10,12,14,16,22H,8,11,13,15H2,(H,31,32). The number of benzene rings is 3. The molecular formula is C27H22F3NO3S. The lowest BCUT2D eigenvalue weighted by molar-refractivity contribution is -0.136. The van der Waals surface area contributed by atoms with Gasteiger partial charge in [0.05, 0.1) is 15.7 Å². The van der Waals surface area contributed by atoms with Crippen molar-refractivity contribution in [2.24, 2.45) is 0 Å². The van der Waals surface area contributed by atoms with Crippen LogP contribution in [0, 0.1) is 0 Å². The van der Waals surface area contributed by atoms with Gasteiger partial charge in [0.15, 0.2) is 9.84 Å². The predicted octanol–water partition coefficient (Wildman–Crippen LogP) is 5.47. The van der Waals surface area contributed by atoms with Crippen molar-refractivity contribution in [3.63, 3.8) is 0 Å². The Bertz CT molecular complexity index is 1570. The lowest BCUT2D eigenvalue weighted by atomic mass is 9.92. The summed E-state index contributed by atoms with van der Waals surface area (Å²) in [5.74, 6) is 0. The fourth-order valence-electron chi connectivity index (χ4n) is 4.80. The van der Waals surface area contributed by atoms with Gasteiger partial charge in [-0.05, 0) is 72.2 Å². The molecule has 1 aromatic heterocycles. The minimum atomic E-state index is -4.65. The number of aromatic amines is 1. The fraction of sp³-hybridized carbons (Fsp3) is 0.222. The van der Waals surface area contributed by atoms with Gasteiger partial charge >= 0.3 is 6.18 Å². The summed E-state index contributed by atoms with van der Waals surface area (Å²) in [6.45, 7) is 0. The summed E-state index contributed by atoms with van der Waals surface area (Å²) in [5, 5.41) is -0.557. The normalized spacial score (nSPS) is 16.3. The lowest BCUT2D eigenvalue weighted by Crippen LogP contribution is -2.28. The van der Waals surface area contributed by atoms with Gasteiger partial charge in [-0.25, -0.2) is 8.42 Å². The van der Waals surface area contributed by atoms with Crippen LogP contribution in [0.3, 0.4) is 0 Å². The van der Waals surface area contributed by atoms with Crippen LogP contribution in [0.25, 0.3) is 10.9 Å². The van der Waals surface area contributed by atoms with Crippen LogP contribution in [0.2, 0.25) is 0 Å². The number of hydrogen-bond acceptors (Lipinski definition) is 3. The van der Waals surface area contributed by atoms with Crippen molar-refractivity contribution in [2.75, 3.05) is 0 Å². The molecule has 0 bridgehead atoms. The van der Waals surface area contributed by atoms with E-state index in [-0.39, 0.29) is 15.8 Å². The van der Waals surface area contributed by atoms with E-state index < -0.39 is 32.4 Å². The number of nitrogens with one attached hydrogen (secondary N) is 1. The molecule has 1 atom stereocenters. The Labute approximate surface area is 200 Å². The Hall–Kier alpha value is -3.39. The third kappa shape index (κ3) is 4.62. The topological polar surface area (TPSA) is 67.0 Å². The number of alkyl halides is 3. The van der Waals surface area contributed by atoms with Gasteiger partial charge in [0.1, 0.15) is 0 Å². The number of aromatic nitrogens is 1. The van der Waals surface area contributed by atoms with E-state index >= 15 is 0 Å². The molecule has 0 amide bonds. The van der Waals surface area contributed by atoms with Gasteiger partial charge in [0, 0.05) is 17.0 Å². The van der Waals surface area contributed by atoms with Crippen LogP contribution in [-0.2, 0) is 35.3 Å². The zero-order valence-electron chi connectivity index (χ0n) is 18.6. The van der Waals surface area contributed by atoms with Crippen molar-refractivity contribution in [3.8, 4) is 0 Å². The highest BCUT2D eigenvalue weighted by Crippen LogP contribution is 2.34. The maximum absolute atomic E-state index is 13.4. The Morgan fingerprint density at radius 1 is 0.886 bits per heavy atom. The van der Waals surface area contributed by atoms with Crippen LogP contribution in [-0.4, -0.2) is 18.7 Å². The molecule has 0 fully saturated rings. The third-order valence-electron chi connectivity index (χ3n) is 6.61. The van der Waals surface area contributed by atoms with Crippen molar-refractivity contribution in [2.45, 2.75) is 42.0 Å². The molecule has 8 heteroatoms. The van der Waals surface area contributed by atoms with Crippen molar-refractivity contribution in [1.29, 1.82) is 0 Å². The Balaban J connectivity index is 1.39. The molecule has 4 aromatic rings. The first-order chi connectivity index (χ1) is 16.6. The van der Waals surface area contributed by atoms with E-state index in [4.69, 9.17) is 0 Å². The van der Waals surface area contributed by atoms with Crippen molar-refractivity contribution in [3.05, 3.63) is 111 Å². The Morgan fingerprint density at radius 3 is 2.29 bits per heavy atom. The number of pyridine rings is 1. The molecule has 1 aliphatic carbocycles. The molecule has 0 aliphatic heterocycles.